The first kappa shape index (κ1) is 25.3. The van der Waals surface area contributed by atoms with Gasteiger partial charge in [0.2, 0.25) is 0 Å². The van der Waals surface area contributed by atoms with Crippen LogP contribution in [-0.4, -0.2) is 42.1 Å². The molecule has 0 aliphatic heterocycles. The van der Waals surface area contributed by atoms with Crippen LogP contribution in [-0.2, 0) is 11.2 Å². The Morgan fingerprint density at radius 2 is 1.35 bits per heavy atom. The first-order valence-electron chi connectivity index (χ1n) is 12.0. The molecule has 1 saturated carbocycles. The lowest BCUT2D eigenvalue weighted by Crippen LogP contribution is -2.34. The quantitative estimate of drug-likeness (QED) is 0.458. The van der Waals surface area contributed by atoms with E-state index in [-0.39, 0.29) is 23.8 Å². The summed E-state index contributed by atoms with van der Waals surface area (Å²) in [7, 11) is 0. The summed E-state index contributed by atoms with van der Waals surface area (Å²) in [5.74, 6) is -0.153. The second kappa shape index (κ2) is 12.2. The molecule has 0 unspecified atom stereocenters. The molecule has 182 valence electrons. The number of nitrogens with one attached hydrogen (secondary N) is 2. The highest BCUT2D eigenvalue weighted by Gasteiger charge is 2.26. The zero-order valence-corrected chi connectivity index (χ0v) is 19.9. The lowest BCUT2D eigenvalue weighted by atomic mass is 9.87. The molecule has 0 heterocycles. The van der Waals surface area contributed by atoms with E-state index in [1.807, 2.05) is 24.3 Å². The van der Waals surface area contributed by atoms with Gasteiger partial charge in [-0.1, -0.05) is 26.0 Å². The van der Waals surface area contributed by atoms with Crippen LogP contribution in [0.1, 0.15) is 65.8 Å². The van der Waals surface area contributed by atoms with Crippen LogP contribution in [0.5, 0.6) is 5.75 Å². The van der Waals surface area contributed by atoms with Gasteiger partial charge in [0, 0.05) is 24.2 Å². The molecule has 3 N–H and O–H groups in total. The van der Waals surface area contributed by atoms with Gasteiger partial charge in [0.05, 0.1) is 12.0 Å². The summed E-state index contributed by atoms with van der Waals surface area (Å²) < 4.78 is 5.94. The second-order valence-electron chi connectivity index (χ2n) is 9.26. The predicted octanol–water partition coefficient (Wildman–Crippen LogP) is 4.07. The van der Waals surface area contributed by atoms with Crippen molar-refractivity contribution in [3.8, 4) is 5.75 Å². The van der Waals surface area contributed by atoms with Gasteiger partial charge in [-0.3, -0.25) is 14.4 Å². The van der Waals surface area contributed by atoms with Crippen LogP contribution in [0.15, 0.2) is 48.5 Å². The SMILES string of the molecule is CC(C)Cc1ccc(C(=O)NCCNC(=O)c2ccc(OC3CCC(C(=O)O)CC3)cc2)cc1. The van der Waals surface area contributed by atoms with Gasteiger partial charge in [0.15, 0.2) is 0 Å². The Morgan fingerprint density at radius 1 is 0.853 bits per heavy atom. The van der Waals surface area contributed by atoms with Crippen molar-refractivity contribution in [3.63, 3.8) is 0 Å². The Kier molecular flexibility index (Phi) is 9.08. The fraction of sp³-hybridized carbons (Fsp3) is 0.444. The van der Waals surface area contributed by atoms with Crippen LogP contribution in [0, 0.1) is 11.8 Å². The highest BCUT2D eigenvalue weighted by Crippen LogP contribution is 2.28. The van der Waals surface area contributed by atoms with E-state index in [1.54, 1.807) is 24.3 Å². The highest BCUT2D eigenvalue weighted by molar-refractivity contribution is 5.95. The molecule has 1 aliphatic carbocycles. The summed E-state index contributed by atoms with van der Waals surface area (Å²) in [6, 6.07) is 14.5. The monoisotopic (exact) mass is 466 g/mol. The minimum atomic E-state index is -0.732. The van der Waals surface area contributed by atoms with Gasteiger partial charge in [-0.2, -0.15) is 0 Å². The zero-order chi connectivity index (χ0) is 24.5. The number of carboxylic acids is 1. The normalized spacial score (nSPS) is 17.7. The average molecular weight is 467 g/mol. The number of ether oxygens (including phenoxy) is 1. The van der Waals surface area contributed by atoms with Crippen molar-refractivity contribution < 1.29 is 24.2 Å². The minimum absolute atomic E-state index is 0.00490. The van der Waals surface area contributed by atoms with E-state index in [2.05, 4.69) is 24.5 Å². The van der Waals surface area contributed by atoms with Crippen molar-refractivity contribution in [2.75, 3.05) is 13.1 Å². The largest absolute Gasteiger partial charge is 0.490 e. The number of aliphatic carboxylic acids is 1. The van der Waals surface area contributed by atoms with Crippen LogP contribution in [0.25, 0.3) is 0 Å². The fourth-order valence-corrected chi connectivity index (χ4v) is 4.12. The molecule has 0 radical (unpaired) electrons. The first-order chi connectivity index (χ1) is 16.3. The van der Waals surface area contributed by atoms with Gasteiger partial charge < -0.3 is 20.5 Å². The molecule has 0 spiro atoms. The Morgan fingerprint density at radius 3 is 1.82 bits per heavy atom. The molecule has 1 aliphatic rings. The predicted molar refractivity (Wildman–Crippen MR) is 130 cm³/mol. The Balaban J connectivity index is 1.37. The van der Waals surface area contributed by atoms with Gasteiger partial charge in [-0.25, -0.2) is 0 Å². The maximum absolute atomic E-state index is 12.4. The van der Waals surface area contributed by atoms with Gasteiger partial charge in [0.25, 0.3) is 11.8 Å². The molecule has 34 heavy (non-hydrogen) atoms. The molecule has 3 rings (SSSR count). The Hall–Kier alpha value is -3.35. The van der Waals surface area contributed by atoms with Crippen LogP contribution in [0.4, 0.5) is 0 Å². The van der Waals surface area contributed by atoms with Crippen molar-refractivity contribution in [1.29, 1.82) is 0 Å². The Bertz CT molecular complexity index is 962. The lowest BCUT2D eigenvalue weighted by Gasteiger charge is -2.26. The smallest absolute Gasteiger partial charge is 0.306 e. The molecule has 2 aromatic rings. The summed E-state index contributed by atoms with van der Waals surface area (Å²) in [6.45, 7) is 4.97. The number of hydrogen-bond acceptors (Lipinski definition) is 4. The molecular weight excluding hydrogens is 432 g/mol. The minimum Gasteiger partial charge on any atom is -0.490 e. The highest BCUT2D eigenvalue weighted by atomic mass is 16.5. The average Bonchev–Trinajstić information content (AvgIpc) is 2.82. The van der Waals surface area contributed by atoms with Crippen molar-refractivity contribution >= 4 is 17.8 Å². The van der Waals surface area contributed by atoms with Crippen molar-refractivity contribution in [3.05, 3.63) is 65.2 Å². The first-order valence-corrected chi connectivity index (χ1v) is 12.0. The number of carbonyl (C=O) groups excluding carboxylic acids is 2. The summed E-state index contributed by atoms with van der Waals surface area (Å²) in [4.78, 5) is 35.7. The van der Waals surface area contributed by atoms with Crippen LogP contribution in [0.3, 0.4) is 0 Å². The summed E-state index contributed by atoms with van der Waals surface area (Å²) in [5.41, 5.74) is 2.32. The van der Waals surface area contributed by atoms with E-state index in [0.717, 1.165) is 6.42 Å². The number of carboxylic acid groups (broad SMARTS) is 1. The molecule has 2 aromatic carbocycles. The van der Waals surface area contributed by atoms with Gasteiger partial charge in [-0.05, 0) is 80.0 Å². The van der Waals surface area contributed by atoms with Gasteiger partial charge in [-0.15, -0.1) is 0 Å². The molecular formula is C27H34N2O5. The molecule has 0 saturated heterocycles. The summed E-state index contributed by atoms with van der Waals surface area (Å²) in [5, 5.41) is 14.7. The van der Waals surface area contributed by atoms with E-state index < -0.39 is 5.97 Å². The molecule has 7 nitrogen and oxygen atoms in total. The maximum Gasteiger partial charge on any atom is 0.306 e. The third kappa shape index (κ3) is 7.61. The molecule has 7 heteroatoms. The lowest BCUT2D eigenvalue weighted by molar-refractivity contribution is -0.143. The summed E-state index contributed by atoms with van der Waals surface area (Å²) >= 11 is 0. The number of amides is 2. The van der Waals surface area contributed by atoms with Gasteiger partial charge >= 0.3 is 5.97 Å². The van der Waals surface area contributed by atoms with E-state index in [9.17, 15) is 14.4 Å². The van der Waals surface area contributed by atoms with Crippen molar-refractivity contribution in [1.82, 2.24) is 10.6 Å². The molecule has 1 fully saturated rings. The zero-order valence-electron chi connectivity index (χ0n) is 19.9. The third-order valence-corrected chi connectivity index (χ3v) is 6.00. The molecule has 2 amide bonds. The number of hydrogen-bond donors (Lipinski definition) is 3. The second-order valence-corrected chi connectivity index (χ2v) is 9.26. The number of benzene rings is 2. The van der Waals surface area contributed by atoms with Crippen LogP contribution < -0.4 is 15.4 Å². The van der Waals surface area contributed by atoms with Crippen LogP contribution >= 0.6 is 0 Å². The Labute approximate surface area is 200 Å². The van der Waals surface area contributed by atoms with E-state index in [0.29, 0.717) is 61.6 Å². The van der Waals surface area contributed by atoms with Crippen molar-refractivity contribution in [2.24, 2.45) is 11.8 Å². The molecule has 0 aromatic heterocycles. The summed E-state index contributed by atoms with van der Waals surface area (Å²) in [6.07, 6.45) is 3.67. The van der Waals surface area contributed by atoms with E-state index >= 15 is 0 Å². The van der Waals surface area contributed by atoms with Gasteiger partial charge in [0.1, 0.15) is 5.75 Å². The topological polar surface area (TPSA) is 105 Å². The number of rotatable bonds is 10. The number of carbonyl (C=O) groups is 3. The standard InChI is InChI=1S/C27H34N2O5/c1-18(2)17-19-3-5-20(6-4-19)25(30)28-15-16-29-26(31)21-7-11-23(12-8-21)34-24-13-9-22(10-14-24)27(32)33/h3-8,11-12,18,22,24H,9-10,13-17H2,1-2H3,(H,28,30)(H,29,31)(H,32,33). The molecule has 0 bridgehead atoms. The van der Waals surface area contributed by atoms with Crippen molar-refractivity contribution in [2.45, 2.75) is 52.1 Å². The fourth-order valence-electron chi connectivity index (χ4n) is 4.12. The third-order valence-electron chi connectivity index (χ3n) is 6.00. The van der Waals surface area contributed by atoms with E-state index in [1.165, 1.54) is 5.56 Å². The maximum atomic E-state index is 12.4. The van der Waals surface area contributed by atoms with E-state index in [4.69, 9.17) is 9.84 Å². The van der Waals surface area contributed by atoms with Crippen LogP contribution in [0.2, 0.25) is 0 Å². The molecule has 0 atom stereocenters.